The fourth-order valence-corrected chi connectivity index (χ4v) is 2.49. The van der Waals surface area contributed by atoms with Crippen molar-refractivity contribution in [3.05, 3.63) is 53.6 Å². The van der Waals surface area contributed by atoms with Crippen molar-refractivity contribution in [3.8, 4) is 0 Å². The Bertz CT molecular complexity index is 679. The first-order valence-electron chi connectivity index (χ1n) is 8.90. The number of nitrogens with one attached hydrogen (secondary N) is 1. The molecular weight excluding hydrogens is 314 g/mol. The summed E-state index contributed by atoms with van der Waals surface area (Å²) in [5, 5.41) is 2.95. The lowest BCUT2D eigenvalue weighted by Gasteiger charge is -2.14. The highest BCUT2D eigenvalue weighted by Gasteiger charge is 2.13. The summed E-state index contributed by atoms with van der Waals surface area (Å²) in [4.78, 5) is 16.4. The van der Waals surface area contributed by atoms with Gasteiger partial charge in [0.05, 0.1) is 0 Å². The van der Waals surface area contributed by atoms with Crippen LogP contribution < -0.4 is 5.32 Å². The number of aromatic nitrogens is 2. The number of carbonyl (C=O) groups is 1. The molecule has 0 bridgehead atoms. The second kappa shape index (κ2) is 9.37. The van der Waals surface area contributed by atoms with Crippen LogP contribution in [0, 0.1) is 12.8 Å². The maximum Gasteiger partial charge on any atom is 0.249 e. The van der Waals surface area contributed by atoms with Gasteiger partial charge in [0, 0.05) is 32.1 Å². The summed E-state index contributed by atoms with van der Waals surface area (Å²) in [5.74, 6) is 1.50. The molecule has 2 aromatic rings. The molecule has 5 nitrogen and oxygen atoms in total. The van der Waals surface area contributed by atoms with Crippen LogP contribution in [0.25, 0.3) is 0 Å². The van der Waals surface area contributed by atoms with E-state index < -0.39 is 6.10 Å². The molecule has 0 spiro atoms. The highest BCUT2D eigenvalue weighted by molar-refractivity contribution is 5.80. The van der Waals surface area contributed by atoms with E-state index in [0.717, 1.165) is 24.4 Å². The molecule has 0 saturated heterocycles. The lowest BCUT2D eigenvalue weighted by Crippen LogP contribution is -2.34. The monoisotopic (exact) mass is 343 g/mol. The molecule has 0 aliphatic heterocycles. The number of imidazole rings is 1. The van der Waals surface area contributed by atoms with E-state index in [1.807, 2.05) is 25.3 Å². The molecule has 5 heteroatoms. The lowest BCUT2D eigenvalue weighted by molar-refractivity contribution is -0.132. The van der Waals surface area contributed by atoms with Crippen molar-refractivity contribution in [2.24, 2.45) is 5.92 Å². The van der Waals surface area contributed by atoms with Crippen molar-refractivity contribution < 1.29 is 9.53 Å². The third kappa shape index (κ3) is 6.35. The van der Waals surface area contributed by atoms with Gasteiger partial charge in [0.25, 0.3) is 0 Å². The van der Waals surface area contributed by atoms with E-state index in [1.54, 1.807) is 13.1 Å². The van der Waals surface area contributed by atoms with E-state index in [9.17, 15) is 4.79 Å². The fourth-order valence-electron chi connectivity index (χ4n) is 2.49. The van der Waals surface area contributed by atoms with Crippen LogP contribution in [0.15, 0.2) is 36.7 Å². The highest BCUT2D eigenvalue weighted by atomic mass is 16.5. The van der Waals surface area contributed by atoms with E-state index in [4.69, 9.17) is 4.74 Å². The number of amides is 1. The van der Waals surface area contributed by atoms with Crippen LogP contribution in [0.1, 0.15) is 44.1 Å². The Morgan fingerprint density at radius 1 is 1.28 bits per heavy atom. The van der Waals surface area contributed by atoms with Crippen molar-refractivity contribution >= 4 is 5.91 Å². The molecule has 1 aromatic heterocycles. The summed E-state index contributed by atoms with van der Waals surface area (Å²) >= 11 is 0. The maximum absolute atomic E-state index is 12.1. The molecular formula is C20H29N3O2. The standard InChI is InChI=1S/C20H29N3O2/c1-15(2)8-11-25-16(3)20(24)22-13-18-6-5-7-19(12-18)14-23-10-9-21-17(23)4/h5-7,9-10,12,15-16H,8,11,13-14H2,1-4H3,(H,22,24)/t16-/m1/s1. The first kappa shape index (κ1) is 19.2. The van der Waals surface area contributed by atoms with Gasteiger partial charge in [0.1, 0.15) is 11.9 Å². The molecule has 0 saturated carbocycles. The SMILES string of the molecule is Cc1nccn1Cc1cccc(CNC(=O)[C@@H](C)OCCC(C)C)c1. The topological polar surface area (TPSA) is 56.2 Å². The van der Waals surface area contributed by atoms with Crippen LogP contribution in [-0.4, -0.2) is 28.2 Å². The summed E-state index contributed by atoms with van der Waals surface area (Å²) in [6.45, 7) is 9.99. The number of aryl methyl sites for hydroxylation is 1. The lowest BCUT2D eigenvalue weighted by atomic mass is 10.1. The molecule has 1 aromatic carbocycles. The summed E-state index contributed by atoms with van der Waals surface area (Å²) in [5.41, 5.74) is 2.27. The summed E-state index contributed by atoms with van der Waals surface area (Å²) in [6.07, 6.45) is 4.32. The molecule has 1 atom stereocenters. The third-order valence-corrected chi connectivity index (χ3v) is 4.17. The number of ether oxygens (including phenoxy) is 1. The molecule has 1 heterocycles. The van der Waals surface area contributed by atoms with Gasteiger partial charge in [-0.1, -0.05) is 38.1 Å². The summed E-state index contributed by atoms with van der Waals surface area (Å²) in [6, 6.07) is 8.24. The number of benzene rings is 1. The molecule has 1 amide bonds. The van der Waals surface area contributed by atoms with E-state index in [-0.39, 0.29) is 5.91 Å². The van der Waals surface area contributed by atoms with Crippen LogP contribution in [-0.2, 0) is 22.6 Å². The van der Waals surface area contributed by atoms with Gasteiger partial charge in [0.15, 0.2) is 0 Å². The molecule has 0 fully saturated rings. The molecule has 0 radical (unpaired) electrons. The minimum atomic E-state index is -0.421. The van der Waals surface area contributed by atoms with Crippen molar-refractivity contribution in [1.29, 1.82) is 0 Å². The summed E-state index contributed by atoms with van der Waals surface area (Å²) < 4.78 is 7.69. The minimum absolute atomic E-state index is 0.0698. The average molecular weight is 343 g/mol. The number of nitrogens with zero attached hydrogens (tertiary/aromatic N) is 2. The van der Waals surface area contributed by atoms with Gasteiger partial charge in [-0.15, -0.1) is 0 Å². The van der Waals surface area contributed by atoms with Gasteiger partial charge in [-0.3, -0.25) is 4.79 Å². The Morgan fingerprint density at radius 3 is 2.72 bits per heavy atom. The minimum Gasteiger partial charge on any atom is -0.369 e. The van der Waals surface area contributed by atoms with E-state index in [0.29, 0.717) is 19.1 Å². The van der Waals surface area contributed by atoms with Gasteiger partial charge < -0.3 is 14.6 Å². The quantitative estimate of drug-likeness (QED) is 0.760. The van der Waals surface area contributed by atoms with Crippen LogP contribution in [0.2, 0.25) is 0 Å². The number of carbonyl (C=O) groups excluding carboxylic acids is 1. The molecule has 1 N–H and O–H groups in total. The van der Waals surface area contributed by atoms with Crippen molar-refractivity contribution in [3.63, 3.8) is 0 Å². The van der Waals surface area contributed by atoms with Gasteiger partial charge >= 0.3 is 0 Å². The smallest absolute Gasteiger partial charge is 0.249 e. The van der Waals surface area contributed by atoms with E-state index in [2.05, 4.69) is 40.8 Å². The predicted molar refractivity (Wildman–Crippen MR) is 99.2 cm³/mol. The number of hydrogen-bond acceptors (Lipinski definition) is 3. The molecule has 0 aliphatic carbocycles. The van der Waals surface area contributed by atoms with E-state index in [1.165, 1.54) is 5.56 Å². The maximum atomic E-state index is 12.1. The normalized spacial score (nSPS) is 12.4. The number of hydrogen-bond donors (Lipinski definition) is 1. The van der Waals surface area contributed by atoms with Crippen LogP contribution in [0.5, 0.6) is 0 Å². The first-order chi connectivity index (χ1) is 12.0. The fraction of sp³-hybridized carbons (Fsp3) is 0.500. The molecule has 25 heavy (non-hydrogen) atoms. The van der Waals surface area contributed by atoms with Crippen molar-refractivity contribution in [2.45, 2.75) is 53.3 Å². The Kier molecular flexibility index (Phi) is 7.19. The second-order valence-corrected chi connectivity index (χ2v) is 6.84. The Hall–Kier alpha value is -2.14. The Balaban J connectivity index is 1.83. The summed E-state index contributed by atoms with van der Waals surface area (Å²) in [7, 11) is 0. The number of rotatable bonds is 9. The molecule has 0 aliphatic rings. The molecule has 0 unspecified atom stereocenters. The van der Waals surface area contributed by atoms with Crippen molar-refractivity contribution in [2.75, 3.05) is 6.61 Å². The average Bonchev–Trinajstić information content (AvgIpc) is 2.97. The first-order valence-corrected chi connectivity index (χ1v) is 8.90. The zero-order valence-corrected chi connectivity index (χ0v) is 15.7. The Labute approximate surface area is 150 Å². The second-order valence-electron chi connectivity index (χ2n) is 6.84. The Morgan fingerprint density at radius 2 is 2.04 bits per heavy atom. The zero-order chi connectivity index (χ0) is 18.2. The molecule has 2 rings (SSSR count). The van der Waals surface area contributed by atoms with Crippen molar-refractivity contribution in [1.82, 2.24) is 14.9 Å². The van der Waals surface area contributed by atoms with Crippen LogP contribution >= 0.6 is 0 Å². The molecule has 136 valence electrons. The van der Waals surface area contributed by atoms with Gasteiger partial charge in [0.2, 0.25) is 5.91 Å². The third-order valence-electron chi connectivity index (χ3n) is 4.17. The highest BCUT2D eigenvalue weighted by Crippen LogP contribution is 2.09. The predicted octanol–water partition coefficient (Wildman–Crippen LogP) is 3.31. The van der Waals surface area contributed by atoms with Gasteiger partial charge in [-0.2, -0.15) is 0 Å². The van der Waals surface area contributed by atoms with Gasteiger partial charge in [-0.05, 0) is 37.3 Å². The van der Waals surface area contributed by atoms with E-state index >= 15 is 0 Å². The largest absolute Gasteiger partial charge is 0.369 e. The zero-order valence-electron chi connectivity index (χ0n) is 15.7. The van der Waals surface area contributed by atoms with Gasteiger partial charge in [-0.25, -0.2) is 4.98 Å². The van der Waals surface area contributed by atoms with Crippen LogP contribution in [0.4, 0.5) is 0 Å². The van der Waals surface area contributed by atoms with Crippen LogP contribution in [0.3, 0.4) is 0 Å².